The van der Waals surface area contributed by atoms with Crippen molar-refractivity contribution in [3.63, 3.8) is 0 Å². The van der Waals surface area contributed by atoms with E-state index in [-0.39, 0.29) is 5.41 Å². The number of sulfonamides is 1. The molecule has 1 aliphatic rings. The molecule has 1 fully saturated rings. The number of nitrogens with one attached hydrogen (secondary N) is 1. The summed E-state index contributed by atoms with van der Waals surface area (Å²) in [6, 6.07) is 3.59. The summed E-state index contributed by atoms with van der Waals surface area (Å²) in [6.07, 6.45) is 1.08. The van der Waals surface area contributed by atoms with Gasteiger partial charge in [-0.1, -0.05) is 19.9 Å². The zero-order valence-corrected chi connectivity index (χ0v) is 13.5. The standard InChI is InChI=1S/C15H24N2O2S/c1-10-5-11(2)14(6-12(10)8-16)20(18,19)17-9-13-7-15(13,3)4/h5-6,13,17H,7-9,16H2,1-4H3. The smallest absolute Gasteiger partial charge is 0.240 e. The maximum Gasteiger partial charge on any atom is 0.240 e. The topological polar surface area (TPSA) is 72.2 Å². The number of rotatable bonds is 5. The van der Waals surface area contributed by atoms with Crippen LogP contribution >= 0.6 is 0 Å². The minimum atomic E-state index is -3.45. The van der Waals surface area contributed by atoms with E-state index in [0.717, 1.165) is 23.1 Å². The number of hydrogen-bond acceptors (Lipinski definition) is 3. The molecule has 1 aromatic rings. The van der Waals surface area contributed by atoms with Gasteiger partial charge in [0.1, 0.15) is 0 Å². The van der Waals surface area contributed by atoms with E-state index in [9.17, 15) is 8.42 Å². The molecule has 0 spiro atoms. The van der Waals surface area contributed by atoms with Crippen molar-refractivity contribution >= 4 is 10.0 Å². The Kier molecular flexibility index (Phi) is 3.97. The van der Waals surface area contributed by atoms with Gasteiger partial charge in [-0.2, -0.15) is 0 Å². The second kappa shape index (κ2) is 5.13. The zero-order valence-electron chi connectivity index (χ0n) is 12.7. The molecule has 0 heterocycles. The highest BCUT2D eigenvalue weighted by Gasteiger charge is 2.45. The average molecular weight is 296 g/mol. The van der Waals surface area contributed by atoms with E-state index in [2.05, 4.69) is 18.6 Å². The molecule has 0 radical (unpaired) electrons. The highest BCUT2D eigenvalue weighted by molar-refractivity contribution is 7.89. The highest BCUT2D eigenvalue weighted by Crippen LogP contribution is 2.51. The summed E-state index contributed by atoms with van der Waals surface area (Å²) < 4.78 is 27.6. The SMILES string of the molecule is Cc1cc(C)c(S(=O)(=O)NCC2CC2(C)C)cc1CN. The molecule has 20 heavy (non-hydrogen) atoms. The Labute approximate surface area is 121 Å². The van der Waals surface area contributed by atoms with Gasteiger partial charge in [-0.05, 0) is 54.4 Å². The maximum atomic E-state index is 12.4. The molecule has 4 nitrogen and oxygen atoms in total. The number of benzene rings is 1. The van der Waals surface area contributed by atoms with E-state index in [1.165, 1.54) is 0 Å². The van der Waals surface area contributed by atoms with E-state index in [1.807, 2.05) is 19.9 Å². The van der Waals surface area contributed by atoms with Gasteiger partial charge in [0.2, 0.25) is 10.0 Å². The van der Waals surface area contributed by atoms with E-state index < -0.39 is 10.0 Å². The van der Waals surface area contributed by atoms with Crippen LogP contribution < -0.4 is 10.5 Å². The minimum Gasteiger partial charge on any atom is -0.326 e. The van der Waals surface area contributed by atoms with Crippen molar-refractivity contribution in [1.29, 1.82) is 0 Å². The molecule has 0 saturated heterocycles. The van der Waals surface area contributed by atoms with Gasteiger partial charge in [-0.3, -0.25) is 0 Å². The molecular weight excluding hydrogens is 272 g/mol. The minimum absolute atomic E-state index is 0.271. The van der Waals surface area contributed by atoms with Crippen LogP contribution in [0.1, 0.15) is 37.0 Å². The van der Waals surface area contributed by atoms with Crippen LogP contribution in [0.25, 0.3) is 0 Å². The van der Waals surface area contributed by atoms with Crippen LogP contribution in [0.4, 0.5) is 0 Å². The van der Waals surface area contributed by atoms with Crippen molar-refractivity contribution < 1.29 is 8.42 Å². The lowest BCUT2D eigenvalue weighted by Crippen LogP contribution is -2.27. The van der Waals surface area contributed by atoms with Crippen LogP contribution in [0.15, 0.2) is 17.0 Å². The number of aryl methyl sites for hydroxylation is 2. The Morgan fingerprint density at radius 2 is 1.90 bits per heavy atom. The predicted molar refractivity (Wildman–Crippen MR) is 80.9 cm³/mol. The van der Waals surface area contributed by atoms with Crippen LogP contribution in [0.3, 0.4) is 0 Å². The molecule has 0 amide bonds. The summed E-state index contributed by atoms with van der Waals surface area (Å²) in [6.45, 7) is 8.96. The first-order valence-corrected chi connectivity index (χ1v) is 8.45. The van der Waals surface area contributed by atoms with Gasteiger partial charge >= 0.3 is 0 Å². The normalized spacial score (nSPS) is 20.9. The molecule has 2 rings (SSSR count). The van der Waals surface area contributed by atoms with Gasteiger partial charge in [0, 0.05) is 13.1 Å². The fourth-order valence-electron chi connectivity index (χ4n) is 2.60. The van der Waals surface area contributed by atoms with Crippen LogP contribution in [-0.4, -0.2) is 15.0 Å². The van der Waals surface area contributed by atoms with Gasteiger partial charge < -0.3 is 5.73 Å². The highest BCUT2D eigenvalue weighted by atomic mass is 32.2. The van der Waals surface area contributed by atoms with Crippen molar-refractivity contribution in [3.05, 3.63) is 28.8 Å². The Hall–Kier alpha value is -0.910. The Morgan fingerprint density at radius 1 is 1.30 bits per heavy atom. The van der Waals surface area contributed by atoms with Crippen molar-refractivity contribution in [1.82, 2.24) is 4.72 Å². The van der Waals surface area contributed by atoms with Gasteiger partial charge in [-0.15, -0.1) is 0 Å². The molecule has 1 aliphatic carbocycles. The van der Waals surface area contributed by atoms with Gasteiger partial charge in [-0.25, -0.2) is 13.1 Å². The molecule has 5 heteroatoms. The third-order valence-corrected chi connectivity index (χ3v) is 5.95. The average Bonchev–Trinajstić information content (AvgIpc) is 2.95. The molecule has 1 atom stereocenters. The molecule has 0 aromatic heterocycles. The second-order valence-corrected chi connectivity index (χ2v) is 8.23. The monoisotopic (exact) mass is 296 g/mol. The lowest BCUT2D eigenvalue weighted by Gasteiger charge is -2.13. The third kappa shape index (κ3) is 3.05. The first kappa shape index (κ1) is 15.5. The fourth-order valence-corrected chi connectivity index (χ4v) is 3.95. The zero-order chi connectivity index (χ0) is 15.1. The first-order valence-electron chi connectivity index (χ1n) is 6.97. The van der Waals surface area contributed by atoms with Crippen molar-refractivity contribution in [2.45, 2.75) is 45.6 Å². The van der Waals surface area contributed by atoms with Crippen LogP contribution in [0.2, 0.25) is 0 Å². The Bertz CT molecular complexity index is 621. The summed E-state index contributed by atoms with van der Waals surface area (Å²) in [5.74, 6) is 0.442. The summed E-state index contributed by atoms with van der Waals surface area (Å²) in [4.78, 5) is 0.349. The van der Waals surface area contributed by atoms with Crippen LogP contribution in [0.5, 0.6) is 0 Å². The molecule has 0 bridgehead atoms. The van der Waals surface area contributed by atoms with Crippen LogP contribution in [0, 0.1) is 25.2 Å². The van der Waals surface area contributed by atoms with Gasteiger partial charge in [0.15, 0.2) is 0 Å². The Morgan fingerprint density at radius 3 is 2.40 bits per heavy atom. The third-order valence-electron chi connectivity index (χ3n) is 4.38. The van der Waals surface area contributed by atoms with Gasteiger partial charge in [0.25, 0.3) is 0 Å². The van der Waals surface area contributed by atoms with E-state index >= 15 is 0 Å². The maximum absolute atomic E-state index is 12.4. The Balaban J connectivity index is 2.21. The summed E-state index contributed by atoms with van der Waals surface area (Å²) in [5, 5.41) is 0. The van der Waals surface area contributed by atoms with E-state index in [1.54, 1.807) is 6.07 Å². The number of hydrogen-bond donors (Lipinski definition) is 2. The molecule has 1 aromatic carbocycles. The second-order valence-electron chi connectivity index (χ2n) is 6.49. The predicted octanol–water partition coefficient (Wildman–Crippen LogP) is 2.09. The molecule has 1 saturated carbocycles. The van der Waals surface area contributed by atoms with Crippen molar-refractivity contribution in [2.24, 2.45) is 17.1 Å². The quantitative estimate of drug-likeness (QED) is 0.874. The molecular formula is C15H24N2O2S. The lowest BCUT2D eigenvalue weighted by molar-refractivity contribution is 0.537. The summed E-state index contributed by atoms with van der Waals surface area (Å²) >= 11 is 0. The molecule has 0 aliphatic heterocycles. The van der Waals surface area contributed by atoms with Gasteiger partial charge in [0.05, 0.1) is 4.90 Å². The molecule has 3 N–H and O–H groups in total. The van der Waals surface area contributed by atoms with E-state index in [4.69, 9.17) is 5.73 Å². The molecule has 112 valence electrons. The fraction of sp³-hybridized carbons (Fsp3) is 0.600. The lowest BCUT2D eigenvalue weighted by atomic mass is 10.1. The van der Waals surface area contributed by atoms with Crippen molar-refractivity contribution in [3.8, 4) is 0 Å². The largest absolute Gasteiger partial charge is 0.326 e. The summed E-state index contributed by atoms with van der Waals surface area (Å²) in [7, 11) is -3.45. The number of nitrogens with two attached hydrogens (primary N) is 1. The summed E-state index contributed by atoms with van der Waals surface area (Å²) in [5.41, 5.74) is 8.61. The van der Waals surface area contributed by atoms with Crippen LogP contribution in [-0.2, 0) is 16.6 Å². The first-order chi connectivity index (χ1) is 9.17. The molecule has 1 unspecified atom stereocenters. The van der Waals surface area contributed by atoms with E-state index in [0.29, 0.717) is 23.9 Å². The van der Waals surface area contributed by atoms with Crippen molar-refractivity contribution in [2.75, 3.05) is 6.54 Å².